The molecule has 2 atom stereocenters. The number of carbonyl (C=O) groups is 2. The second-order valence-corrected chi connectivity index (χ2v) is 7.68. The van der Waals surface area contributed by atoms with Gasteiger partial charge < -0.3 is 19.3 Å². The van der Waals surface area contributed by atoms with Crippen molar-refractivity contribution < 1.29 is 19.1 Å². The van der Waals surface area contributed by atoms with E-state index in [0.717, 1.165) is 32.2 Å². The molecule has 1 saturated heterocycles. The van der Waals surface area contributed by atoms with Crippen molar-refractivity contribution in [3.8, 4) is 11.5 Å². The van der Waals surface area contributed by atoms with E-state index in [1.807, 2.05) is 23.8 Å². The smallest absolute Gasteiger partial charge is 0.253 e. The second kappa shape index (κ2) is 6.49. The number of ether oxygens (including phenoxy) is 2. The molecular formula is C20H26N2O4. The summed E-state index contributed by atoms with van der Waals surface area (Å²) in [6.45, 7) is 3.70. The lowest BCUT2D eigenvalue weighted by molar-refractivity contribution is -0.141. The van der Waals surface area contributed by atoms with Gasteiger partial charge in [-0.15, -0.1) is 0 Å². The van der Waals surface area contributed by atoms with E-state index in [1.54, 1.807) is 18.2 Å². The van der Waals surface area contributed by atoms with Gasteiger partial charge in [0.15, 0.2) is 11.5 Å². The summed E-state index contributed by atoms with van der Waals surface area (Å²) < 4.78 is 10.7. The topological polar surface area (TPSA) is 59.1 Å². The first-order chi connectivity index (χ1) is 12.5. The summed E-state index contributed by atoms with van der Waals surface area (Å²) in [5.74, 6) is 1.56. The first-order valence-corrected chi connectivity index (χ1v) is 9.49. The maximum absolute atomic E-state index is 13.0. The summed E-state index contributed by atoms with van der Waals surface area (Å²) in [5.41, 5.74) is 0.645. The number of benzene rings is 1. The standard InChI is InChI=1S/C20H26N2O4/c1-3-22-17-5-4-9-20(17,10-8-18(22)23)12-21(2)19(24)14-6-7-15-16(11-14)26-13-25-15/h6-7,11,17H,3-5,8-10,12-13H2,1-2H3. The predicted molar refractivity (Wildman–Crippen MR) is 96.2 cm³/mol. The van der Waals surface area contributed by atoms with Gasteiger partial charge in [-0.05, 0) is 44.4 Å². The third kappa shape index (κ3) is 2.72. The van der Waals surface area contributed by atoms with Crippen LogP contribution in [0.5, 0.6) is 11.5 Å². The lowest BCUT2D eigenvalue weighted by Gasteiger charge is -2.47. The van der Waals surface area contributed by atoms with Gasteiger partial charge in [0.05, 0.1) is 0 Å². The van der Waals surface area contributed by atoms with Crippen molar-refractivity contribution in [2.45, 2.75) is 45.1 Å². The summed E-state index contributed by atoms with van der Waals surface area (Å²) in [4.78, 5) is 29.1. The highest BCUT2D eigenvalue weighted by atomic mass is 16.7. The van der Waals surface area contributed by atoms with Crippen LogP contribution in [0.25, 0.3) is 0 Å². The molecular weight excluding hydrogens is 332 g/mol. The fourth-order valence-electron chi connectivity index (χ4n) is 5.03. The highest BCUT2D eigenvalue weighted by molar-refractivity contribution is 5.94. The van der Waals surface area contributed by atoms with Gasteiger partial charge in [0, 0.05) is 43.6 Å². The molecule has 0 spiro atoms. The maximum atomic E-state index is 13.0. The van der Waals surface area contributed by atoms with Crippen LogP contribution in [0.1, 0.15) is 49.4 Å². The van der Waals surface area contributed by atoms with E-state index in [-0.39, 0.29) is 30.1 Å². The lowest BCUT2D eigenvalue weighted by atomic mass is 9.74. The molecule has 4 rings (SSSR count). The summed E-state index contributed by atoms with van der Waals surface area (Å²) in [5, 5.41) is 0. The van der Waals surface area contributed by atoms with Crippen LogP contribution in [0, 0.1) is 5.41 Å². The minimum absolute atomic E-state index is 0.0109. The van der Waals surface area contributed by atoms with Crippen LogP contribution in [0.15, 0.2) is 18.2 Å². The summed E-state index contributed by atoms with van der Waals surface area (Å²) in [6, 6.07) is 5.60. The largest absolute Gasteiger partial charge is 0.454 e. The highest BCUT2D eigenvalue weighted by Gasteiger charge is 2.50. The van der Waals surface area contributed by atoms with Crippen molar-refractivity contribution in [3.63, 3.8) is 0 Å². The Bertz CT molecular complexity index is 735. The molecule has 6 nitrogen and oxygen atoms in total. The molecule has 1 aliphatic carbocycles. The summed E-state index contributed by atoms with van der Waals surface area (Å²) in [6.07, 6.45) is 4.73. The van der Waals surface area contributed by atoms with Crippen molar-refractivity contribution in [1.29, 1.82) is 0 Å². The van der Waals surface area contributed by atoms with E-state index in [9.17, 15) is 9.59 Å². The molecule has 2 amide bonds. The minimum Gasteiger partial charge on any atom is -0.454 e. The fraction of sp³-hybridized carbons (Fsp3) is 0.600. The number of rotatable bonds is 4. The first kappa shape index (κ1) is 17.2. The molecule has 2 fully saturated rings. The Balaban J connectivity index is 1.52. The number of piperidine rings is 1. The Morgan fingerprint density at radius 2 is 2.12 bits per heavy atom. The predicted octanol–water partition coefficient (Wildman–Crippen LogP) is 2.67. The van der Waals surface area contributed by atoms with E-state index in [0.29, 0.717) is 30.0 Å². The number of fused-ring (bicyclic) bond motifs is 2. The summed E-state index contributed by atoms with van der Waals surface area (Å²) >= 11 is 0. The van der Waals surface area contributed by atoms with E-state index in [2.05, 4.69) is 0 Å². The quantitative estimate of drug-likeness (QED) is 0.830. The zero-order valence-electron chi connectivity index (χ0n) is 15.5. The van der Waals surface area contributed by atoms with E-state index in [4.69, 9.17) is 9.47 Å². The van der Waals surface area contributed by atoms with Crippen molar-refractivity contribution in [1.82, 2.24) is 9.80 Å². The number of nitrogens with zero attached hydrogens (tertiary/aromatic N) is 2. The molecule has 0 bridgehead atoms. The molecule has 2 unspecified atom stereocenters. The van der Waals surface area contributed by atoms with Gasteiger partial charge in [-0.1, -0.05) is 6.42 Å². The van der Waals surface area contributed by atoms with Gasteiger partial charge in [-0.25, -0.2) is 0 Å². The molecule has 140 valence electrons. The first-order valence-electron chi connectivity index (χ1n) is 9.49. The molecule has 1 aromatic carbocycles. The molecule has 0 N–H and O–H groups in total. The average Bonchev–Trinajstić information content (AvgIpc) is 3.27. The third-order valence-corrected chi connectivity index (χ3v) is 6.25. The normalized spacial score (nSPS) is 26.8. The van der Waals surface area contributed by atoms with Crippen LogP contribution in [-0.2, 0) is 4.79 Å². The Labute approximate surface area is 154 Å². The zero-order valence-corrected chi connectivity index (χ0v) is 15.5. The molecule has 26 heavy (non-hydrogen) atoms. The average molecular weight is 358 g/mol. The van der Waals surface area contributed by atoms with E-state index >= 15 is 0 Å². The van der Waals surface area contributed by atoms with Gasteiger partial charge in [0.1, 0.15) is 0 Å². The van der Waals surface area contributed by atoms with E-state index < -0.39 is 0 Å². The minimum atomic E-state index is -0.0109. The molecule has 1 aromatic rings. The SMILES string of the molecule is CCN1C(=O)CCC2(CN(C)C(=O)c3ccc4c(c3)OCO4)CCCC12. The Morgan fingerprint density at radius 3 is 2.92 bits per heavy atom. The van der Waals surface area contributed by atoms with Crippen LogP contribution in [-0.4, -0.2) is 54.6 Å². The third-order valence-electron chi connectivity index (χ3n) is 6.25. The highest BCUT2D eigenvalue weighted by Crippen LogP contribution is 2.48. The Morgan fingerprint density at radius 1 is 1.31 bits per heavy atom. The van der Waals surface area contributed by atoms with Crippen molar-refractivity contribution in [3.05, 3.63) is 23.8 Å². The maximum Gasteiger partial charge on any atom is 0.253 e. The Hall–Kier alpha value is -2.24. The van der Waals surface area contributed by atoms with Crippen molar-refractivity contribution in [2.24, 2.45) is 5.41 Å². The van der Waals surface area contributed by atoms with Crippen molar-refractivity contribution >= 4 is 11.8 Å². The van der Waals surface area contributed by atoms with Gasteiger partial charge in [-0.3, -0.25) is 9.59 Å². The molecule has 6 heteroatoms. The molecule has 2 aliphatic heterocycles. The van der Waals surface area contributed by atoms with Gasteiger partial charge in [0.25, 0.3) is 5.91 Å². The monoisotopic (exact) mass is 358 g/mol. The molecule has 0 aromatic heterocycles. The van der Waals surface area contributed by atoms with Gasteiger partial charge >= 0.3 is 0 Å². The molecule has 0 radical (unpaired) electrons. The van der Waals surface area contributed by atoms with Crippen LogP contribution >= 0.6 is 0 Å². The number of likely N-dealkylation sites (tertiary alicyclic amines) is 1. The number of hydrogen-bond acceptors (Lipinski definition) is 4. The molecule has 2 heterocycles. The second-order valence-electron chi connectivity index (χ2n) is 7.68. The van der Waals surface area contributed by atoms with Crippen LogP contribution < -0.4 is 9.47 Å². The summed E-state index contributed by atoms with van der Waals surface area (Å²) in [7, 11) is 1.86. The van der Waals surface area contributed by atoms with Crippen molar-refractivity contribution in [2.75, 3.05) is 26.9 Å². The number of carbonyl (C=O) groups excluding carboxylic acids is 2. The van der Waals surface area contributed by atoms with Crippen LogP contribution in [0.4, 0.5) is 0 Å². The fourth-order valence-corrected chi connectivity index (χ4v) is 5.03. The Kier molecular flexibility index (Phi) is 4.29. The van der Waals surface area contributed by atoms with E-state index in [1.165, 1.54) is 0 Å². The van der Waals surface area contributed by atoms with Gasteiger partial charge in [0.2, 0.25) is 12.7 Å². The number of amides is 2. The van der Waals surface area contributed by atoms with Gasteiger partial charge in [-0.2, -0.15) is 0 Å². The van der Waals surface area contributed by atoms with Crippen LogP contribution in [0.3, 0.4) is 0 Å². The lowest BCUT2D eigenvalue weighted by Crippen LogP contribution is -2.56. The molecule has 1 saturated carbocycles. The zero-order chi connectivity index (χ0) is 18.3. The molecule has 3 aliphatic rings. The number of hydrogen-bond donors (Lipinski definition) is 0. The van der Waals surface area contributed by atoms with Crippen LogP contribution in [0.2, 0.25) is 0 Å².